The second kappa shape index (κ2) is 7.17. The first kappa shape index (κ1) is 16.3. The van der Waals surface area contributed by atoms with Gasteiger partial charge in [0, 0.05) is 11.8 Å². The van der Waals surface area contributed by atoms with Crippen molar-refractivity contribution in [3.63, 3.8) is 0 Å². The summed E-state index contributed by atoms with van der Waals surface area (Å²) >= 11 is 11.3. The van der Waals surface area contributed by atoms with Crippen LogP contribution in [0.4, 0.5) is 19.3 Å². The van der Waals surface area contributed by atoms with Crippen molar-refractivity contribution in [2.24, 2.45) is 0 Å². The lowest BCUT2D eigenvalue weighted by molar-refractivity contribution is -0.163. The van der Waals surface area contributed by atoms with Gasteiger partial charge in [0.15, 0.2) is 0 Å². The molecular formula is C11H11Cl2F2NO2S. The Labute approximate surface area is 123 Å². The van der Waals surface area contributed by atoms with E-state index in [1.807, 2.05) is 6.92 Å². The summed E-state index contributed by atoms with van der Waals surface area (Å²) in [6, 6.07) is 5.60. The maximum absolute atomic E-state index is 13.2. The van der Waals surface area contributed by atoms with Gasteiger partial charge in [-0.1, -0.05) is 48.0 Å². The van der Waals surface area contributed by atoms with Crippen molar-refractivity contribution >= 4 is 45.9 Å². The monoisotopic (exact) mass is 329 g/mol. The number of nitrogens with one attached hydrogen (secondary N) is 1. The van der Waals surface area contributed by atoms with Gasteiger partial charge in [0.05, 0.1) is 0 Å². The van der Waals surface area contributed by atoms with E-state index >= 15 is 0 Å². The van der Waals surface area contributed by atoms with Crippen LogP contribution >= 0.6 is 35.0 Å². The number of anilines is 1. The molecule has 0 aliphatic carbocycles. The molecule has 0 bridgehead atoms. The summed E-state index contributed by atoms with van der Waals surface area (Å²) in [5.74, 6) is 0.468. The lowest BCUT2D eigenvalue weighted by Crippen LogP contribution is -2.32. The average molecular weight is 330 g/mol. The van der Waals surface area contributed by atoms with Gasteiger partial charge in [-0.3, -0.25) is 4.79 Å². The molecule has 0 fully saturated rings. The van der Waals surface area contributed by atoms with Gasteiger partial charge in [-0.15, -0.1) is 0 Å². The fourth-order valence-corrected chi connectivity index (χ4v) is 1.67. The number of halogens is 4. The number of hydrogen-bond acceptors (Lipinski definition) is 3. The Morgan fingerprint density at radius 1 is 1.53 bits per heavy atom. The van der Waals surface area contributed by atoms with E-state index in [0.29, 0.717) is 11.4 Å². The molecule has 0 aromatic heterocycles. The summed E-state index contributed by atoms with van der Waals surface area (Å²) in [6.45, 7) is 1.82. The quantitative estimate of drug-likeness (QED) is 0.792. The van der Waals surface area contributed by atoms with Crippen molar-refractivity contribution in [3.8, 4) is 5.75 Å². The van der Waals surface area contributed by atoms with Gasteiger partial charge in [-0.2, -0.15) is 8.78 Å². The van der Waals surface area contributed by atoms with E-state index in [9.17, 15) is 13.6 Å². The van der Waals surface area contributed by atoms with Crippen LogP contribution in [-0.2, 0) is 0 Å². The van der Waals surface area contributed by atoms with Crippen LogP contribution in [0.25, 0.3) is 0 Å². The zero-order chi connectivity index (χ0) is 14.5. The summed E-state index contributed by atoms with van der Waals surface area (Å²) in [7, 11) is 0. The van der Waals surface area contributed by atoms with Gasteiger partial charge >= 0.3 is 6.11 Å². The first-order chi connectivity index (χ1) is 8.85. The number of ether oxygens (including phenoxy) is 1. The Balaban J connectivity index is 2.75. The molecule has 1 aromatic rings. The van der Waals surface area contributed by atoms with Crippen LogP contribution in [0.2, 0.25) is 0 Å². The Bertz CT molecular complexity index is 446. The average Bonchev–Trinajstić information content (AvgIpc) is 2.28. The number of thioether (sulfide) groups is 1. The Morgan fingerprint density at radius 3 is 2.79 bits per heavy atom. The highest BCUT2D eigenvalue weighted by Gasteiger charge is 2.40. The maximum Gasteiger partial charge on any atom is 0.428 e. The van der Waals surface area contributed by atoms with Gasteiger partial charge in [0.1, 0.15) is 5.75 Å². The maximum atomic E-state index is 13.2. The molecule has 0 aliphatic rings. The van der Waals surface area contributed by atoms with E-state index in [4.69, 9.17) is 23.2 Å². The van der Waals surface area contributed by atoms with Crippen LogP contribution in [0, 0.1) is 0 Å². The summed E-state index contributed by atoms with van der Waals surface area (Å²) < 4.78 is 30.7. The Hall–Kier alpha value is -0.720. The molecule has 0 saturated heterocycles. The molecule has 0 radical (unpaired) electrons. The minimum atomic E-state index is -3.70. The normalized spacial score (nSPS) is 11.5. The number of alkyl halides is 4. The van der Waals surface area contributed by atoms with E-state index in [0.717, 1.165) is 11.8 Å². The zero-order valence-corrected chi connectivity index (χ0v) is 12.2. The zero-order valence-electron chi connectivity index (χ0n) is 9.83. The second-order valence-electron chi connectivity index (χ2n) is 3.34. The smallest absolute Gasteiger partial charge is 0.428 e. The number of amides is 1. The SMILES string of the molecule is CCSC(=O)Nc1cccc(OC(F)(F)C(Cl)Cl)c1. The van der Waals surface area contributed by atoms with Gasteiger partial charge in [0.25, 0.3) is 5.24 Å². The molecule has 0 heterocycles. The van der Waals surface area contributed by atoms with Crippen LogP contribution in [0.15, 0.2) is 24.3 Å². The molecule has 106 valence electrons. The molecule has 8 heteroatoms. The minimum absolute atomic E-state index is 0.143. The second-order valence-corrected chi connectivity index (χ2v) is 5.67. The number of benzene rings is 1. The van der Waals surface area contributed by atoms with Gasteiger partial charge in [-0.05, 0) is 17.9 Å². The van der Waals surface area contributed by atoms with Crippen LogP contribution < -0.4 is 10.1 Å². The van der Waals surface area contributed by atoms with Crippen LogP contribution in [0.1, 0.15) is 6.92 Å². The molecule has 0 aliphatic heterocycles. The van der Waals surface area contributed by atoms with E-state index in [2.05, 4.69) is 10.1 Å². The highest BCUT2D eigenvalue weighted by molar-refractivity contribution is 8.13. The number of hydrogen-bond donors (Lipinski definition) is 1. The van der Waals surface area contributed by atoms with E-state index in [-0.39, 0.29) is 11.0 Å². The van der Waals surface area contributed by atoms with Gasteiger partial charge in [-0.25, -0.2) is 0 Å². The summed E-state index contributed by atoms with van der Waals surface area (Å²) in [5, 5.41) is 2.25. The lowest BCUT2D eigenvalue weighted by Gasteiger charge is -2.19. The molecule has 1 aromatic carbocycles. The van der Waals surface area contributed by atoms with Crippen LogP contribution in [0.5, 0.6) is 5.75 Å². The molecule has 0 spiro atoms. The van der Waals surface area contributed by atoms with E-state index in [1.165, 1.54) is 18.2 Å². The van der Waals surface area contributed by atoms with Crippen molar-refractivity contribution in [3.05, 3.63) is 24.3 Å². The largest absolute Gasteiger partial charge is 0.430 e. The number of rotatable bonds is 5. The standard InChI is InChI=1S/C11H11Cl2F2NO2S/c1-2-19-10(17)16-7-4-3-5-8(6-7)18-11(14,15)9(12)13/h3-6,9H,2H2,1H3,(H,16,17). The predicted octanol–water partition coefficient (Wildman–Crippen LogP) is 4.75. The van der Waals surface area contributed by atoms with Crippen molar-refractivity contribution in [2.45, 2.75) is 17.9 Å². The van der Waals surface area contributed by atoms with Crippen LogP contribution in [0.3, 0.4) is 0 Å². The predicted molar refractivity (Wildman–Crippen MR) is 74.7 cm³/mol. The molecule has 19 heavy (non-hydrogen) atoms. The van der Waals surface area contributed by atoms with Gasteiger partial charge < -0.3 is 10.1 Å². The highest BCUT2D eigenvalue weighted by atomic mass is 35.5. The number of carbonyl (C=O) groups excluding carboxylic acids is 1. The summed E-state index contributed by atoms with van der Waals surface area (Å²) in [6.07, 6.45) is -3.70. The van der Waals surface area contributed by atoms with E-state index in [1.54, 1.807) is 6.07 Å². The molecule has 0 saturated carbocycles. The summed E-state index contributed by atoms with van der Waals surface area (Å²) in [4.78, 5) is 9.35. The molecule has 0 atom stereocenters. The number of carbonyl (C=O) groups is 1. The molecule has 3 nitrogen and oxygen atoms in total. The first-order valence-electron chi connectivity index (χ1n) is 5.24. The molecule has 1 N–H and O–H groups in total. The van der Waals surface area contributed by atoms with Crippen molar-refractivity contribution < 1.29 is 18.3 Å². The third-order valence-electron chi connectivity index (χ3n) is 1.86. The molecule has 1 rings (SSSR count). The third kappa shape index (κ3) is 5.42. The molecule has 0 unspecified atom stereocenters. The van der Waals surface area contributed by atoms with Crippen molar-refractivity contribution in [1.29, 1.82) is 0 Å². The van der Waals surface area contributed by atoms with Crippen LogP contribution in [-0.4, -0.2) is 21.9 Å². The molecule has 1 amide bonds. The fourth-order valence-electron chi connectivity index (χ4n) is 1.12. The summed E-state index contributed by atoms with van der Waals surface area (Å²) in [5.41, 5.74) is 0.347. The Kier molecular flexibility index (Phi) is 6.16. The lowest BCUT2D eigenvalue weighted by atomic mass is 10.3. The first-order valence-corrected chi connectivity index (χ1v) is 7.10. The topological polar surface area (TPSA) is 38.3 Å². The molecular weight excluding hydrogens is 319 g/mol. The van der Waals surface area contributed by atoms with Crippen molar-refractivity contribution in [1.82, 2.24) is 0 Å². The third-order valence-corrected chi connectivity index (χ3v) is 3.02. The van der Waals surface area contributed by atoms with Crippen molar-refractivity contribution in [2.75, 3.05) is 11.1 Å². The minimum Gasteiger partial charge on any atom is -0.430 e. The fraction of sp³-hybridized carbons (Fsp3) is 0.364. The Morgan fingerprint density at radius 2 is 2.21 bits per heavy atom. The van der Waals surface area contributed by atoms with E-state index < -0.39 is 10.9 Å². The highest BCUT2D eigenvalue weighted by Crippen LogP contribution is 2.31. The van der Waals surface area contributed by atoms with Gasteiger partial charge in [0.2, 0.25) is 4.84 Å².